The molecular formula is C17H16N2O2. The van der Waals surface area contributed by atoms with E-state index in [0.717, 1.165) is 16.8 Å². The second-order valence-corrected chi connectivity index (χ2v) is 4.61. The van der Waals surface area contributed by atoms with Crippen molar-refractivity contribution in [2.75, 3.05) is 12.4 Å². The molecule has 0 unspecified atom stereocenters. The predicted octanol–water partition coefficient (Wildman–Crippen LogP) is 3.27. The number of carbonyl (C=O) groups excluding carboxylic acids is 1. The highest BCUT2D eigenvalue weighted by Gasteiger charge is 2.11. The number of nitriles is 1. The number of hydrogen-bond acceptors (Lipinski definition) is 4. The summed E-state index contributed by atoms with van der Waals surface area (Å²) in [5.41, 5.74) is 3.65. The van der Waals surface area contributed by atoms with E-state index in [0.29, 0.717) is 17.7 Å². The Bertz CT molecular complexity index is 702. The van der Waals surface area contributed by atoms with Crippen LogP contribution in [0.1, 0.15) is 27.0 Å². The number of nitrogens with zero attached hydrogens (tertiary/aromatic N) is 1. The first-order chi connectivity index (χ1) is 10.2. The molecule has 0 aliphatic heterocycles. The van der Waals surface area contributed by atoms with Gasteiger partial charge in [-0.15, -0.1) is 0 Å². The molecule has 2 rings (SSSR count). The minimum Gasteiger partial charge on any atom is -0.465 e. The number of benzene rings is 2. The molecule has 21 heavy (non-hydrogen) atoms. The van der Waals surface area contributed by atoms with Crippen LogP contribution in [0, 0.1) is 18.3 Å². The number of ether oxygens (including phenoxy) is 1. The van der Waals surface area contributed by atoms with Gasteiger partial charge in [0, 0.05) is 6.54 Å². The average molecular weight is 280 g/mol. The summed E-state index contributed by atoms with van der Waals surface area (Å²) in [4.78, 5) is 11.7. The quantitative estimate of drug-likeness (QED) is 0.873. The number of aryl methyl sites for hydroxylation is 1. The molecule has 0 aliphatic carbocycles. The smallest absolute Gasteiger partial charge is 0.338 e. The van der Waals surface area contributed by atoms with Crippen LogP contribution in [0.3, 0.4) is 0 Å². The topological polar surface area (TPSA) is 62.1 Å². The number of anilines is 1. The number of rotatable bonds is 4. The van der Waals surface area contributed by atoms with Gasteiger partial charge < -0.3 is 10.1 Å². The van der Waals surface area contributed by atoms with Crippen LogP contribution in [-0.4, -0.2) is 13.1 Å². The number of nitrogens with one attached hydrogen (secondary N) is 1. The highest BCUT2D eigenvalue weighted by atomic mass is 16.5. The second kappa shape index (κ2) is 6.58. The molecule has 0 saturated carbocycles. The zero-order valence-electron chi connectivity index (χ0n) is 12.0. The summed E-state index contributed by atoms with van der Waals surface area (Å²) >= 11 is 0. The lowest BCUT2D eigenvalue weighted by atomic mass is 10.1. The Morgan fingerprint density at radius 1 is 1.24 bits per heavy atom. The zero-order valence-corrected chi connectivity index (χ0v) is 12.0. The molecule has 0 atom stereocenters. The summed E-state index contributed by atoms with van der Waals surface area (Å²) in [6, 6.07) is 15.1. The Morgan fingerprint density at radius 3 is 2.71 bits per heavy atom. The number of methoxy groups -OCH3 is 1. The Kier molecular flexibility index (Phi) is 4.57. The molecule has 0 fully saturated rings. The molecule has 4 nitrogen and oxygen atoms in total. The Balaban J connectivity index is 2.24. The first-order valence-corrected chi connectivity index (χ1v) is 6.57. The van der Waals surface area contributed by atoms with E-state index in [1.54, 1.807) is 12.1 Å². The van der Waals surface area contributed by atoms with Crippen LogP contribution in [0.4, 0.5) is 5.69 Å². The third-order valence-electron chi connectivity index (χ3n) is 3.28. The monoisotopic (exact) mass is 280 g/mol. The number of carbonyl (C=O) groups is 1. The Labute approximate surface area is 124 Å². The van der Waals surface area contributed by atoms with Crippen molar-refractivity contribution >= 4 is 11.7 Å². The van der Waals surface area contributed by atoms with E-state index in [2.05, 4.69) is 11.4 Å². The molecule has 0 bridgehead atoms. The molecule has 4 heteroatoms. The van der Waals surface area contributed by atoms with Crippen LogP contribution in [0.15, 0.2) is 42.5 Å². The molecule has 0 radical (unpaired) electrons. The van der Waals surface area contributed by atoms with Crippen LogP contribution in [0.25, 0.3) is 0 Å². The van der Waals surface area contributed by atoms with E-state index < -0.39 is 0 Å². The molecule has 0 saturated heterocycles. The third-order valence-corrected chi connectivity index (χ3v) is 3.28. The summed E-state index contributed by atoms with van der Waals surface area (Å²) in [7, 11) is 1.36. The van der Waals surface area contributed by atoms with Crippen LogP contribution in [-0.2, 0) is 11.3 Å². The first-order valence-electron chi connectivity index (χ1n) is 6.57. The molecule has 1 N–H and O–H groups in total. The predicted molar refractivity (Wildman–Crippen MR) is 81.0 cm³/mol. The summed E-state index contributed by atoms with van der Waals surface area (Å²) in [5, 5.41) is 12.4. The van der Waals surface area contributed by atoms with E-state index in [1.165, 1.54) is 7.11 Å². The highest BCUT2D eigenvalue weighted by molar-refractivity contribution is 5.91. The van der Waals surface area contributed by atoms with E-state index >= 15 is 0 Å². The Hall–Kier alpha value is -2.80. The molecular weight excluding hydrogens is 264 g/mol. The summed E-state index contributed by atoms with van der Waals surface area (Å²) in [6.07, 6.45) is 0. The number of esters is 1. The lowest BCUT2D eigenvalue weighted by molar-refractivity contribution is 0.0599. The van der Waals surface area contributed by atoms with Gasteiger partial charge in [0.2, 0.25) is 0 Å². The second-order valence-electron chi connectivity index (χ2n) is 4.61. The lowest BCUT2D eigenvalue weighted by Gasteiger charge is -2.12. The molecule has 0 aliphatic rings. The fourth-order valence-electron chi connectivity index (χ4n) is 2.14. The van der Waals surface area contributed by atoms with Crippen LogP contribution >= 0.6 is 0 Å². The van der Waals surface area contributed by atoms with Crippen molar-refractivity contribution in [1.29, 1.82) is 5.26 Å². The van der Waals surface area contributed by atoms with Gasteiger partial charge in [-0.2, -0.15) is 5.26 Å². The van der Waals surface area contributed by atoms with Gasteiger partial charge in [-0.3, -0.25) is 0 Å². The molecule has 0 spiro atoms. The van der Waals surface area contributed by atoms with Gasteiger partial charge in [0.05, 0.1) is 23.9 Å². The highest BCUT2D eigenvalue weighted by Crippen LogP contribution is 2.20. The van der Waals surface area contributed by atoms with Gasteiger partial charge in [-0.25, -0.2) is 4.79 Å². The molecule has 0 amide bonds. The van der Waals surface area contributed by atoms with Gasteiger partial charge >= 0.3 is 5.97 Å². The lowest BCUT2D eigenvalue weighted by Crippen LogP contribution is -2.09. The minimum atomic E-state index is -0.364. The standard InChI is InChI=1S/C17H16N2O2/c1-12-6-5-9-16(15(12)10-18)19-11-13-7-3-4-8-14(13)17(20)21-2/h3-9,19H,11H2,1-2H3. The average Bonchev–Trinajstić information content (AvgIpc) is 2.52. The van der Waals surface area contributed by atoms with Crippen molar-refractivity contribution in [1.82, 2.24) is 0 Å². The van der Waals surface area contributed by atoms with Crippen LogP contribution in [0.2, 0.25) is 0 Å². The fourth-order valence-corrected chi connectivity index (χ4v) is 2.14. The van der Waals surface area contributed by atoms with Crippen molar-refractivity contribution in [2.45, 2.75) is 13.5 Å². The van der Waals surface area contributed by atoms with Crippen molar-refractivity contribution in [3.63, 3.8) is 0 Å². The summed E-state index contributed by atoms with van der Waals surface area (Å²) in [6.45, 7) is 2.34. The normalized spacial score (nSPS) is 9.76. The van der Waals surface area contributed by atoms with Gasteiger partial charge in [-0.1, -0.05) is 30.3 Å². The van der Waals surface area contributed by atoms with E-state index in [1.807, 2.05) is 37.3 Å². The van der Waals surface area contributed by atoms with Crippen LogP contribution < -0.4 is 5.32 Å². The molecule has 0 heterocycles. The summed E-state index contributed by atoms with van der Waals surface area (Å²) < 4.78 is 4.77. The maximum atomic E-state index is 11.7. The third kappa shape index (κ3) is 3.21. The van der Waals surface area contributed by atoms with Crippen molar-refractivity contribution in [3.05, 3.63) is 64.7 Å². The first kappa shape index (κ1) is 14.6. The maximum absolute atomic E-state index is 11.7. The van der Waals surface area contributed by atoms with Crippen molar-refractivity contribution in [2.24, 2.45) is 0 Å². The number of hydrogen-bond donors (Lipinski definition) is 1. The molecule has 2 aromatic rings. The van der Waals surface area contributed by atoms with Gasteiger partial charge in [0.1, 0.15) is 6.07 Å². The molecule has 0 aromatic heterocycles. The van der Waals surface area contributed by atoms with Crippen molar-refractivity contribution in [3.8, 4) is 6.07 Å². The van der Waals surface area contributed by atoms with E-state index in [4.69, 9.17) is 4.74 Å². The summed E-state index contributed by atoms with van der Waals surface area (Å²) in [5.74, 6) is -0.364. The van der Waals surface area contributed by atoms with E-state index in [-0.39, 0.29) is 5.97 Å². The van der Waals surface area contributed by atoms with Crippen molar-refractivity contribution < 1.29 is 9.53 Å². The minimum absolute atomic E-state index is 0.364. The van der Waals surface area contributed by atoms with Crippen LogP contribution in [0.5, 0.6) is 0 Å². The van der Waals surface area contributed by atoms with E-state index in [9.17, 15) is 10.1 Å². The molecule has 106 valence electrons. The van der Waals surface area contributed by atoms with Gasteiger partial charge in [0.25, 0.3) is 0 Å². The zero-order chi connectivity index (χ0) is 15.2. The Morgan fingerprint density at radius 2 is 2.00 bits per heavy atom. The van der Waals surface area contributed by atoms with Gasteiger partial charge in [-0.05, 0) is 30.2 Å². The maximum Gasteiger partial charge on any atom is 0.338 e. The fraction of sp³-hybridized carbons (Fsp3) is 0.176. The molecule has 2 aromatic carbocycles. The largest absolute Gasteiger partial charge is 0.465 e. The van der Waals surface area contributed by atoms with Gasteiger partial charge in [0.15, 0.2) is 0 Å². The SMILES string of the molecule is COC(=O)c1ccccc1CNc1cccc(C)c1C#N.